The zero-order valence-corrected chi connectivity index (χ0v) is 21.3. The molecule has 0 amide bonds. The highest BCUT2D eigenvalue weighted by atomic mass is 35.5. The van der Waals surface area contributed by atoms with Gasteiger partial charge in [0, 0.05) is 30.8 Å². The summed E-state index contributed by atoms with van der Waals surface area (Å²) in [5.41, 5.74) is 4.11. The van der Waals surface area contributed by atoms with E-state index in [4.69, 9.17) is 21.3 Å². The molecule has 1 fully saturated rings. The summed E-state index contributed by atoms with van der Waals surface area (Å²) in [6.45, 7) is 0. The van der Waals surface area contributed by atoms with Crippen LogP contribution in [0.25, 0.3) is 28.2 Å². The molecule has 0 unspecified atom stereocenters. The Balaban J connectivity index is 1.60. The predicted molar refractivity (Wildman–Crippen MR) is 140 cm³/mol. The molecule has 0 radical (unpaired) electrons. The summed E-state index contributed by atoms with van der Waals surface area (Å²) in [6.07, 6.45) is 7.40. The maximum atomic E-state index is 12.0. The van der Waals surface area contributed by atoms with E-state index in [2.05, 4.69) is 10.8 Å². The lowest BCUT2D eigenvalue weighted by Gasteiger charge is -2.25. The van der Waals surface area contributed by atoms with Crippen LogP contribution in [0.15, 0.2) is 83.9 Å². The van der Waals surface area contributed by atoms with Crippen molar-refractivity contribution in [3.05, 3.63) is 89.7 Å². The molecule has 0 spiro atoms. The Hall–Kier alpha value is -2.93. The van der Waals surface area contributed by atoms with Crippen LogP contribution in [0.2, 0.25) is 5.02 Å². The molecular weight excluding hydrogens is 480 g/mol. The van der Waals surface area contributed by atoms with E-state index in [1.54, 1.807) is 25.3 Å². The van der Waals surface area contributed by atoms with Gasteiger partial charge in [-0.2, -0.15) is 0 Å². The fourth-order valence-corrected chi connectivity index (χ4v) is 5.75. The molecule has 0 N–H and O–H groups in total. The van der Waals surface area contributed by atoms with Gasteiger partial charge in [0.2, 0.25) is 0 Å². The molecule has 1 heterocycles. The number of halogens is 1. The summed E-state index contributed by atoms with van der Waals surface area (Å²) in [7, 11) is -1.51. The van der Waals surface area contributed by atoms with Gasteiger partial charge < -0.3 is 4.74 Å². The quantitative estimate of drug-likeness (QED) is 0.292. The minimum absolute atomic E-state index is 0.306. The Morgan fingerprint density at radius 3 is 2.31 bits per heavy atom. The maximum absolute atomic E-state index is 12.0. The van der Waals surface area contributed by atoms with Gasteiger partial charge in [0.1, 0.15) is 11.4 Å². The molecule has 0 atom stereocenters. The van der Waals surface area contributed by atoms with Crippen molar-refractivity contribution in [2.24, 2.45) is 0 Å². The van der Waals surface area contributed by atoms with Gasteiger partial charge in [-0.25, -0.2) is 13.4 Å². The van der Waals surface area contributed by atoms with Gasteiger partial charge >= 0.3 is 0 Å². The fourth-order valence-electron chi connectivity index (χ4n) is 4.86. The van der Waals surface area contributed by atoms with Crippen molar-refractivity contribution < 1.29 is 13.2 Å². The van der Waals surface area contributed by atoms with Crippen LogP contribution in [0.4, 0.5) is 0 Å². The smallest absolute Gasteiger partial charge is 0.175 e. The van der Waals surface area contributed by atoms with Gasteiger partial charge in [-0.1, -0.05) is 60.8 Å². The average molecular weight is 507 g/mol. The van der Waals surface area contributed by atoms with E-state index in [1.807, 2.05) is 54.6 Å². The molecule has 1 aliphatic rings. The van der Waals surface area contributed by atoms with Gasteiger partial charge in [0.15, 0.2) is 9.84 Å². The number of nitrogens with zero attached hydrogens (tertiary/aromatic N) is 2. The van der Waals surface area contributed by atoms with Crippen LogP contribution in [0.3, 0.4) is 0 Å². The number of imidazole rings is 1. The van der Waals surface area contributed by atoms with Crippen molar-refractivity contribution in [2.75, 3.05) is 13.4 Å². The molecule has 4 aromatic rings. The third-order valence-electron chi connectivity index (χ3n) is 6.83. The minimum Gasteiger partial charge on any atom is -0.372 e. The highest BCUT2D eigenvalue weighted by Crippen LogP contribution is 2.43. The number of rotatable bonds is 6. The first-order valence-electron chi connectivity index (χ1n) is 11.6. The minimum atomic E-state index is -3.28. The lowest BCUT2D eigenvalue weighted by molar-refractivity contribution is -0.0120. The number of hydrogen-bond donors (Lipinski definition) is 0. The zero-order chi connectivity index (χ0) is 24.6. The van der Waals surface area contributed by atoms with Crippen molar-refractivity contribution >= 4 is 21.4 Å². The van der Waals surface area contributed by atoms with Crippen LogP contribution in [-0.2, 0) is 20.2 Å². The molecular formula is C28H27ClN2O3S. The van der Waals surface area contributed by atoms with Crippen LogP contribution in [0.1, 0.15) is 31.4 Å². The molecule has 5 rings (SSSR count). The maximum Gasteiger partial charge on any atom is 0.175 e. The van der Waals surface area contributed by atoms with Crippen LogP contribution in [0.5, 0.6) is 0 Å². The van der Waals surface area contributed by atoms with E-state index in [9.17, 15) is 8.42 Å². The van der Waals surface area contributed by atoms with Gasteiger partial charge in [-0.3, -0.25) is 4.57 Å². The van der Waals surface area contributed by atoms with Crippen molar-refractivity contribution in [2.45, 2.75) is 36.2 Å². The molecule has 1 saturated carbocycles. The molecule has 35 heavy (non-hydrogen) atoms. The second-order valence-electron chi connectivity index (χ2n) is 9.05. The van der Waals surface area contributed by atoms with E-state index >= 15 is 0 Å². The topological polar surface area (TPSA) is 61.2 Å². The van der Waals surface area contributed by atoms with Gasteiger partial charge in [0.25, 0.3) is 0 Å². The van der Waals surface area contributed by atoms with E-state index in [-0.39, 0.29) is 5.60 Å². The number of aromatic nitrogens is 2. The Labute approximate surface area is 211 Å². The lowest BCUT2D eigenvalue weighted by atomic mass is 9.98. The Kier molecular flexibility index (Phi) is 6.30. The fraction of sp³-hybridized carbons (Fsp3) is 0.250. The largest absolute Gasteiger partial charge is 0.372 e. The molecule has 5 nitrogen and oxygen atoms in total. The number of ether oxygens (including phenoxy) is 1. The second kappa shape index (κ2) is 9.26. The third-order valence-corrected chi connectivity index (χ3v) is 8.27. The van der Waals surface area contributed by atoms with Gasteiger partial charge in [-0.15, -0.1) is 0 Å². The van der Waals surface area contributed by atoms with Crippen molar-refractivity contribution in [1.29, 1.82) is 0 Å². The Bertz CT molecular complexity index is 1470. The summed E-state index contributed by atoms with van der Waals surface area (Å²) in [4.78, 5) is 5.35. The molecule has 1 aromatic heterocycles. The van der Waals surface area contributed by atoms with Crippen molar-refractivity contribution in [3.63, 3.8) is 0 Å². The first kappa shape index (κ1) is 23.8. The Morgan fingerprint density at radius 2 is 1.66 bits per heavy atom. The van der Waals surface area contributed by atoms with Crippen molar-refractivity contribution in [3.8, 4) is 28.2 Å². The normalized spacial score (nSPS) is 15.4. The van der Waals surface area contributed by atoms with Crippen LogP contribution < -0.4 is 0 Å². The van der Waals surface area contributed by atoms with E-state index in [0.717, 1.165) is 59.6 Å². The molecule has 180 valence electrons. The highest BCUT2D eigenvalue weighted by Gasteiger charge is 2.38. The van der Waals surface area contributed by atoms with Crippen LogP contribution in [0, 0.1) is 0 Å². The second-order valence-corrected chi connectivity index (χ2v) is 11.5. The molecule has 0 saturated heterocycles. The summed E-state index contributed by atoms with van der Waals surface area (Å²) >= 11 is 6.58. The molecule has 1 aliphatic carbocycles. The predicted octanol–water partition coefficient (Wildman–Crippen LogP) is 6.68. The summed E-state index contributed by atoms with van der Waals surface area (Å²) in [6, 6.07) is 22.7. The number of hydrogen-bond acceptors (Lipinski definition) is 4. The summed E-state index contributed by atoms with van der Waals surface area (Å²) < 4.78 is 32.0. The van der Waals surface area contributed by atoms with Crippen molar-refractivity contribution in [1.82, 2.24) is 9.55 Å². The Morgan fingerprint density at radius 1 is 0.943 bits per heavy atom. The number of benzene rings is 3. The first-order chi connectivity index (χ1) is 16.8. The molecule has 7 heteroatoms. The van der Waals surface area contributed by atoms with Crippen LogP contribution in [-0.4, -0.2) is 31.3 Å². The van der Waals surface area contributed by atoms with E-state index < -0.39 is 9.84 Å². The number of methoxy groups -OCH3 is 1. The average Bonchev–Trinajstić information content (AvgIpc) is 3.53. The summed E-state index contributed by atoms with van der Waals surface area (Å²) in [5, 5.41) is 0.637. The monoisotopic (exact) mass is 506 g/mol. The molecule has 0 bridgehead atoms. The number of sulfone groups is 1. The van der Waals surface area contributed by atoms with E-state index in [0.29, 0.717) is 9.92 Å². The first-order valence-corrected chi connectivity index (χ1v) is 13.9. The standard InChI is InChI=1S/C28H27ClN2O3S/c1-34-28(16-5-6-17-28)26-19-31(27(30-26)24-10-3-4-11-25(24)29)22-14-12-20(13-15-22)21-8-7-9-23(18-21)35(2,32)33/h3-4,7-15,18-19H,5-6,16-17H2,1-2H3. The lowest BCUT2D eigenvalue weighted by Crippen LogP contribution is -2.24. The molecule has 0 aliphatic heterocycles. The highest BCUT2D eigenvalue weighted by molar-refractivity contribution is 7.90. The van der Waals surface area contributed by atoms with Crippen LogP contribution >= 0.6 is 11.6 Å². The zero-order valence-electron chi connectivity index (χ0n) is 19.7. The van der Waals surface area contributed by atoms with Gasteiger partial charge in [-0.05, 0) is 60.4 Å². The third kappa shape index (κ3) is 4.54. The SMILES string of the molecule is COC1(c2cn(-c3ccc(-c4cccc(S(C)(=O)=O)c4)cc3)c(-c3ccccc3Cl)n2)CCCC1. The van der Waals surface area contributed by atoms with E-state index in [1.165, 1.54) is 6.26 Å². The summed E-state index contributed by atoms with van der Waals surface area (Å²) in [5.74, 6) is 0.765. The van der Waals surface area contributed by atoms with Gasteiger partial charge in [0.05, 0.1) is 15.6 Å². The molecule has 3 aromatic carbocycles.